The van der Waals surface area contributed by atoms with Gasteiger partial charge in [-0.05, 0) is 43.3 Å². The standard InChI is InChI=1S/C23H19Cl2N3O2/c1-4-11-27-18-7-5-6-8-19(18)28-23(27)21(14(2)26-28)20(29)10-9-15-12-16(24)13-17(25)22(15)30-3/h4-10,12-13H,1,11H2,2-3H3/b10-9-. The normalized spacial score (nSPS) is 11.6. The third kappa shape index (κ3) is 3.30. The van der Waals surface area contributed by atoms with Crippen LogP contribution in [0.5, 0.6) is 5.75 Å². The smallest absolute Gasteiger partial charge is 0.191 e. The van der Waals surface area contributed by atoms with Crippen LogP contribution < -0.4 is 4.74 Å². The minimum Gasteiger partial charge on any atom is -0.495 e. The first kappa shape index (κ1) is 20.3. The molecule has 0 radical (unpaired) electrons. The molecule has 7 heteroatoms. The Labute approximate surface area is 183 Å². The number of carbonyl (C=O) groups excluding carboxylic acids is 1. The van der Waals surface area contributed by atoms with Crippen molar-refractivity contribution in [1.82, 2.24) is 14.2 Å². The quantitative estimate of drug-likeness (QED) is 0.210. The third-order valence-electron chi connectivity index (χ3n) is 4.91. The molecule has 0 aliphatic rings. The molecule has 0 atom stereocenters. The number of ketones is 1. The molecular weight excluding hydrogens is 421 g/mol. The molecule has 152 valence electrons. The molecule has 2 aromatic carbocycles. The molecule has 2 heterocycles. The lowest BCUT2D eigenvalue weighted by molar-refractivity contribution is 0.104. The van der Waals surface area contributed by atoms with E-state index in [2.05, 4.69) is 11.7 Å². The SMILES string of the molecule is C=CCn1c2ccccc2n2nc(C)c(C(=O)/C=C\c3cc(Cl)cc(Cl)c3OC)c12. The van der Waals surface area contributed by atoms with Gasteiger partial charge in [-0.3, -0.25) is 4.79 Å². The second-order valence-corrected chi connectivity index (χ2v) is 7.64. The number of hydrogen-bond acceptors (Lipinski definition) is 3. The van der Waals surface area contributed by atoms with E-state index < -0.39 is 0 Å². The number of aryl methyl sites for hydroxylation is 1. The number of nitrogens with zero attached hydrogens (tertiary/aromatic N) is 3. The van der Waals surface area contributed by atoms with Gasteiger partial charge in [-0.2, -0.15) is 5.10 Å². The van der Waals surface area contributed by atoms with Crippen molar-refractivity contribution in [2.24, 2.45) is 0 Å². The van der Waals surface area contributed by atoms with E-state index in [-0.39, 0.29) is 5.78 Å². The van der Waals surface area contributed by atoms with Crippen LogP contribution in [0.2, 0.25) is 10.0 Å². The van der Waals surface area contributed by atoms with Gasteiger partial charge in [0, 0.05) is 17.1 Å². The zero-order valence-electron chi connectivity index (χ0n) is 16.5. The first-order valence-corrected chi connectivity index (χ1v) is 10.0. The topological polar surface area (TPSA) is 48.5 Å². The molecule has 4 rings (SSSR count). The van der Waals surface area contributed by atoms with Crippen molar-refractivity contribution in [3.05, 3.63) is 82.0 Å². The number of imidazole rings is 1. The van der Waals surface area contributed by atoms with E-state index in [9.17, 15) is 4.79 Å². The lowest BCUT2D eigenvalue weighted by atomic mass is 10.1. The number of benzene rings is 2. The number of hydrogen-bond donors (Lipinski definition) is 0. The zero-order chi connectivity index (χ0) is 21.4. The number of fused-ring (bicyclic) bond motifs is 3. The zero-order valence-corrected chi connectivity index (χ0v) is 18.0. The molecule has 5 nitrogen and oxygen atoms in total. The van der Waals surface area contributed by atoms with Crippen molar-refractivity contribution in [2.45, 2.75) is 13.5 Å². The number of methoxy groups -OCH3 is 1. The molecule has 0 N–H and O–H groups in total. The summed E-state index contributed by atoms with van der Waals surface area (Å²) in [6.07, 6.45) is 4.95. The van der Waals surface area contributed by atoms with Crippen LogP contribution in [-0.2, 0) is 6.54 Å². The van der Waals surface area contributed by atoms with Gasteiger partial charge in [-0.25, -0.2) is 4.52 Å². The summed E-state index contributed by atoms with van der Waals surface area (Å²) in [6, 6.07) is 11.2. The van der Waals surface area contributed by atoms with Crippen LogP contribution in [0.15, 0.2) is 55.1 Å². The summed E-state index contributed by atoms with van der Waals surface area (Å²) >= 11 is 12.3. The van der Waals surface area contributed by atoms with E-state index in [1.54, 1.807) is 24.3 Å². The summed E-state index contributed by atoms with van der Waals surface area (Å²) < 4.78 is 9.21. The maximum absolute atomic E-state index is 13.2. The van der Waals surface area contributed by atoms with Crippen LogP contribution in [0, 0.1) is 6.92 Å². The Balaban J connectivity index is 1.86. The number of aromatic nitrogens is 3. The summed E-state index contributed by atoms with van der Waals surface area (Å²) in [7, 11) is 1.52. The fraction of sp³-hybridized carbons (Fsp3) is 0.130. The fourth-order valence-corrected chi connectivity index (χ4v) is 4.27. The van der Waals surface area contributed by atoms with Gasteiger partial charge in [0.25, 0.3) is 0 Å². The van der Waals surface area contributed by atoms with E-state index in [0.717, 1.165) is 16.7 Å². The summed E-state index contributed by atoms with van der Waals surface area (Å²) in [5.74, 6) is 0.288. The van der Waals surface area contributed by atoms with Crippen LogP contribution in [0.4, 0.5) is 0 Å². The van der Waals surface area contributed by atoms with E-state index in [0.29, 0.717) is 39.2 Å². The number of ether oxygens (including phenoxy) is 1. The number of allylic oxidation sites excluding steroid dienone is 2. The van der Waals surface area contributed by atoms with Crippen molar-refractivity contribution in [3.8, 4) is 5.75 Å². The number of para-hydroxylation sites is 2. The molecule has 0 saturated carbocycles. The molecule has 0 spiro atoms. The van der Waals surface area contributed by atoms with Crippen LogP contribution in [0.3, 0.4) is 0 Å². The molecule has 0 unspecified atom stereocenters. The molecular formula is C23H19Cl2N3O2. The van der Waals surface area contributed by atoms with Gasteiger partial charge in [-0.1, -0.05) is 41.4 Å². The van der Waals surface area contributed by atoms with Gasteiger partial charge >= 0.3 is 0 Å². The van der Waals surface area contributed by atoms with Crippen LogP contribution in [0.25, 0.3) is 22.8 Å². The molecule has 0 aliphatic heterocycles. The van der Waals surface area contributed by atoms with Crippen molar-refractivity contribution < 1.29 is 9.53 Å². The first-order valence-electron chi connectivity index (χ1n) is 9.29. The van der Waals surface area contributed by atoms with Gasteiger partial charge in [0.05, 0.1) is 34.4 Å². The maximum atomic E-state index is 13.2. The average molecular weight is 440 g/mol. The lowest BCUT2D eigenvalue weighted by Gasteiger charge is -2.07. The highest BCUT2D eigenvalue weighted by molar-refractivity contribution is 6.36. The van der Waals surface area contributed by atoms with Gasteiger partial charge < -0.3 is 9.30 Å². The van der Waals surface area contributed by atoms with Crippen LogP contribution >= 0.6 is 23.2 Å². The van der Waals surface area contributed by atoms with Gasteiger partial charge in [0.1, 0.15) is 11.4 Å². The van der Waals surface area contributed by atoms with Crippen molar-refractivity contribution in [3.63, 3.8) is 0 Å². The number of carbonyl (C=O) groups is 1. The maximum Gasteiger partial charge on any atom is 0.191 e. The molecule has 0 bridgehead atoms. The van der Waals surface area contributed by atoms with Crippen LogP contribution in [0.1, 0.15) is 21.6 Å². The highest BCUT2D eigenvalue weighted by Gasteiger charge is 2.22. The highest BCUT2D eigenvalue weighted by Crippen LogP contribution is 2.33. The highest BCUT2D eigenvalue weighted by atomic mass is 35.5. The van der Waals surface area contributed by atoms with Gasteiger partial charge in [0.15, 0.2) is 5.78 Å². The largest absolute Gasteiger partial charge is 0.495 e. The Morgan fingerprint density at radius 3 is 2.67 bits per heavy atom. The predicted molar refractivity (Wildman–Crippen MR) is 122 cm³/mol. The molecule has 0 fully saturated rings. The Morgan fingerprint density at radius 2 is 1.97 bits per heavy atom. The Hall–Kier alpha value is -3.02. The Bertz CT molecular complexity index is 1330. The van der Waals surface area contributed by atoms with Crippen molar-refractivity contribution in [1.29, 1.82) is 0 Å². The molecule has 0 aliphatic carbocycles. The Morgan fingerprint density at radius 1 is 1.23 bits per heavy atom. The summed E-state index contributed by atoms with van der Waals surface area (Å²) in [5.41, 5.74) is 4.47. The van der Waals surface area contributed by atoms with E-state index in [4.69, 9.17) is 27.9 Å². The minimum absolute atomic E-state index is 0.172. The van der Waals surface area contributed by atoms with Crippen molar-refractivity contribution in [2.75, 3.05) is 7.11 Å². The molecule has 4 aromatic rings. The predicted octanol–water partition coefficient (Wildman–Crippen LogP) is 5.99. The van der Waals surface area contributed by atoms with Gasteiger partial charge in [-0.15, -0.1) is 6.58 Å². The van der Waals surface area contributed by atoms with Gasteiger partial charge in [0.2, 0.25) is 0 Å². The first-order chi connectivity index (χ1) is 14.5. The lowest BCUT2D eigenvalue weighted by Crippen LogP contribution is -2.02. The molecule has 0 saturated heterocycles. The summed E-state index contributed by atoms with van der Waals surface area (Å²) in [5, 5.41) is 5.47. The molecule has 2 aromatic heterocycles. The molecule has 30 heavy (non-hydrogen) atoms. The second-order valence-electron chi connectivity index (χ2n) is 6.79. The van der Waals surface area contributed by atoms with E-state index in [1.807, 2.05) is 40.3 Å². The summed E-state index contributed by atoms with van der Waals surface area (Å²) in [6.45, 7) is 6.24. The molecule has 0 amide bonds. The van der Waals surface area contributed by atoms with Crippen LogP contribution in [-0.4, -0.2) is 27.1 Å². The monoisotopic (exact) mass is 439 g/mol. The number of halogens is 2. The average Bonchev–Trinajstić information content (AvgIpc) is 3.20. The third-order valence-corrected chi connectivity index (χ3v) is 5.40. The number of rotatable bonds is 6. The Kier molecular flexibility index (Phi) is 5.41. The fourth-order valence-electron chi connectivity index (χ4n) is 3.69. The van der Waals surface area contributed by atoms with Crippen molar-refractivity contribution >= 4 is 51.7 Å². The van der Waals surface area contributed by atoms with E-state index in [1.165, 1.54) is 13.2 Å². The summed E-state index contributed by atoms with van der Waals surface area (Å²) in [4.78, 5) is 13.2. The minimum atomic E-state index is -0.172. The van der Waals surface area contributed by atoms with E-state index >= 15 is 0 Å². The second kappa shape index (κ2) is 8.01.